The zero-order valence-corrected chi connectivity index (χ0v) is 10.1. The van der Waals surface area contributed by atoms with Crippen LogP contribution >= 0.6 is 0 Å². The number of carboxylic acids is 2. The minimum atomic E-state index is -1.46. The molecular formula is C10H18N2O6. The molecule has 0 aliphatic carbocycles. The summed E-state index contributed by atoms with van der Waals surface area (Å²) in [7, 11) is 0. The van der Waals surface area contributed by atoms with Crippen LogP contribution in [-0.2, 0) is 9.59 Å². The summed E-state index contributed by atoms with van der Waals surface area (Å²) >= 11 is 0. The molecule has 0 aromatic heterocycles. The molecule has 2 amide bonds. The number of aliphatic carboxylic acids is 2. The van der Waals surface area contributed by atoms with Crippen LogP contribution in [0.4, 0.5) is 4.79 Å². The second kappa shape index (κ2) is 8.29. The van der Waals surface area contributed by atoms with Gasteiger partial charge in [0.2, 0.25) is 0 Å². The number of aliphatic hydroxyl groups excluding tert-OH is 1. The summed E-state index contributed by atoms with van der Waals surface area (Å²) in [5.74, 6) is -2.70. The number of nitrogens with one attached hydrogen (secondary N) is 1. The summed E-state index contributed by atoms with van der Waals surface area (Å²) in [6.07, 6.45) is -0.309. The zero-order chi connectivity index (χ0) is 14.1. The van der Waals surface area contributed by atoms with Crippen molar-refractivity contribution in [2.24, 2.45) is 0 Å². The maximum atomic E-state index is 11.7. The molecule has 0 bridgehead atoms. The Kier molecular flexibility index (Phi) is 7.45. The summed E-state index contributed by atoms with van der Waals surface area (Å²) < 4.78 is 0. The van der Waals surface area contributed by atoms with Gasteiger partial charge in [0, 0.05) is 19.7 Å². The number of urea groups is 1. The van der Waals surface area contributed by atoms with Gasteiger partial charge >= 0.3 is 18.0 Å². The van der Waals surface area contributed by atoms with Crippen LogP contribution in [0.2, 0.25) is 0 Å². The SMILES string of the molecule is CCN(CCCO)C(=O)NC(CC(=O)O)C(=O)O. The van der Waals surface area contributed by atoms with Crippen molar-refractivity contribution in [3.8, 4) is 0 Å². The first-order valence-electron chi connectivity index (χ1n) is 5.53. The quantitative estimate of drug-likeness (QED) is 0.459. The first-order valence-corrected chi connectivity index (χ1v) is 5.53. The molecule has 0 aromatic rings. The van der Waals surface area contributed by atoms with Gasteiger partial charge in [-0.1, -0.05) is 0 Å². The molecular weight excluding hydrogens is 244 g/mol. The monoisotopic (exact) mass is 262 g/mol. The molecule has 0 aromatic carbocycles. The van der Waals surface area contributed by atoms with Crippen LogP contribution in [0.5, 0.6) is 0 Å². The lowest BCUT2D eigenvalue weighted by Crippen LogP contribution is -2.49. The van der Waals surface area contributed by atoms with Crippen molar-refractivity contribution in [3.63, 3.8) is 0 Å². The number of nitrogens with zero attached hydrogens (tertiary/aromatic N) is 1. The molecule has 1 unspecified atom stereocenters. The number of carbonyl (C=O) groups excluding carboxylic acids is 1. The Bertz CT molecular complexity index is 307. The van der Waals surface area contributed by atoms with E-state index in [9.17, 15) is 14.4 Å². The smallest absolute Gasteiger partial charge is 0.326 e. The highest BCUT2D eigenvalue weighted by Crippen LogP contribution is 1.98. The fourth-order valence-electron chi connectivity index (χ4n) is 1.28. The van der Waals surface area contributed by atoms with Gasteiger partial charge in [-0.15, -0.1) is 0 Å². The summed E-state index contributed by atoms with van der Waals surface area (Å²) in [5, 5.41) is 28.1. The molecule has 0 saturated heterocycles. The van der Waals surface area contributed by atoms with Gasteiger partial charge in [0.1, 0.15) is 6.04 Å². The van der Waals surface area contributed by atoms with E-state index in [1.807, 2.05) is 0 Å². The summed E-state index contributed by atoms with van der Waals surface area (Å²) in [6, 6.07) is -2.11. The molecule has 8 heteroatoms. The van der Waals surface area contributed by atoms with E-state index in [0.717, 1.165) is 0 Å². The molecule has 0 radical (unpaired) electrons. The third-order valence-electron chi connectivity index (χ3n) is 2.23. The molecule has 0 saturated carbocycles. The average Bonchev–Trinajstić information content (AvgIpc) is 2.28. The fraction of sp³-hybridized carbons (Fsp3) is 0.700. The van der Waals surface area contributed by atoms with Gasteiger partial charge in [-0.25, -0.2) is 9.59 Å². The van der Waals surface area contributed by atoms with Gasteiger partial charge in [-0.3, -0.25) is 4.79 Å². The molecule has 4 N–H and O–H groups in total. The van der Waals surface area contributed by atoms with Crippen LogP contribution in [0, 0.1) is 0 Å². The number of aliphatic hydroxyl groups is 1. The Balaban J connectivity index is 4.46. The minimum Gasteiger partial charge on any atom is -0.481 e. The highest BCUT2D eigenvalue weighted by atomic mass is 16.4. The average molecular weight is 262 g/mol. The van der Waals surface area contributed by atoms with E-state index in [1.165, 1.54) is 4.90 Å². The molecule has 1 atom stereocenters. The van der Waals surface area contributed by atoms with Crippen molar-refractivity contribution in [1.29, 1.82) is 0 Å². The largest absolute Gasteiger partial charge is 0.481 e. The van der Waals surface area contributed by atoms with Gasteiger partial charge in [0.15, 0.2) is 0 Å². The van der Waals surface area contributed by atoms with Crippen LogP contribution in [0.1, 0.15) is 19.8 Å². The predicted molar refractivity (Wildman–Crippen MR) is 61.2 cm³/mol. The highest BCUT2D eigenvalue weighted by Gasteiger charge is 2.24. The van der Waals surface area contributed by atoms with E-state index in [0.29, 0.717) is 13.0 Å². The zero-order valence-electron chi connectivity index (χ0n) is 10.1. The van der Waals surface area contributed by atoms with Gasteiger partial charge in [-0.05, 0) is 13.3 Å². The molecule has 0 fully saturated rings. The second-order valence-electron chi connectivity index (χ2n) is 3.60. The lowest BCUT2D eigenvalue weighted by molar-refractivity contribution is -0.145. The Hall–Kier alpha value is -1.83. The van der Waals surface area contributed by atoms with Crippen molar-refractivity contribution >= 4 is 18.0 Å². The molecule has 0 spiro atoms. The molecule has 0 rings (SSSR count). The number of amides is 2. The lowest BCUT2D eigenvalue weighted by Gasteiger charge is -2.23. The van der Waals surface area contributed by atoms with Gasteiger partial charge in [0.25, 0.3) is 0 Å². The third-order valence-corrected chi connectivity index (χ3v) is 2.23. The maximum Gasteiger partial charge on any atom is 0.326 e. The standard InChI is InChI=1S/C10H18N2O6/c1-2-12(4-3-5-13)10(18)11-7(9(16)17)6-8(14)15/h7,13H,2-6H2,1H3,(H,11,18)(H,14,15)(H,16,17). The van der Waals surface area contributed by atoms with Crippen molar-refractivity contribution < 1.29 is 29.7 Å². The first-order chi connectivity index (χ1) is 8.42. The van der Waals surface area contributed by atoms with Crippen molar-refractivity contribution in [2.75, 3.05) is 19.7 Å². The Labute approximate surface area is 104 Å². The van der Waals surface area contributed by atoms with Crippen molar-refractivity contribution in [2.45, 2.75) is 25.8 Å². The number of hydrogen-bond donors (Lipinski definition) is 4. The Morgan fingerprint density at radius 1 is 1.28 bits per heavy atom. The van der Waals surface area contributed by atoms with E-state index < -0.39 is 30.4 Å². The van der Waals surface area contributed by atoms with Crippen LogP contribution in [0.25, 0.3) is 0 Å². The maximum absolute atomic E-state index is 11.7. The topological polar surface area (TPSA) is 127 Å². The second-order valence-corrected chi connectivity index (χ2v) is 3.60. The Morgan fingerprint density at radius 2 is 1.89 bits per heavy atom. The van der Waals surface area contributed by atoms with E-state index in [-0.39, 0.29) is 13.2 Å². The number of carbonyl (C=O) groups is 3. The Morgan fingerprint density at radius 3 is 2.28 bits per heavy atom. The molecule has 0 aliphatic rings. The van der Waals surface area contributed by atoms with Gasteiger partial charge in [0.05, 0.1) is 6.42 Å². The number of hydrogen-bond acceptors (Lipinski definition) is 4. The van der Waals surface area contributed by atoms with Crippen LogP contribution in [-0.4, -0.2) is 63.9 Å². The predicted octanol–water partition coefficient (Wildman–Crippen LogP) is -0.672. The number of carboxylic acid groups (broad SMARTS) is 2. The van der Waals surface area contributed by atoms with Crippen LogP contribution in [0.15, 0.2) is 0 Å². The minimum absolute atomic E-state index is 0.0821. The van der Waals surface area contributed by atoms with Crippen LogP contribution < -0.4 is 5.32 Å². The molecule has 104 valence electrons. The van der Waals surface area contributed by atoms with Crippen LogP contribution in [0.3, 0.4) is 0 Å². The molecule has 18 heavy (non-hydrogen) atoms. The van der Waals surface area contributed by atoms with Crippen molar-refractivity contribution in [1.82, 2.24) is 10.2 Å². The lowest BCUT2D eigenvalue weighted by atomic mass is 10.2. The highest BCUT2D eigenvalue weighted by molar-refractivity contribution is 5.86. The summed E-state index contributed by atoms with van der Waals surface area (Å²) in [6.45, 7) is 2.23. The number of rotatable bonds is 8. The van der Waals surface area contributed by atoms with E-state index >= 15 is 0 Å². The third kappa shape index (κ3) is 6.04. The first kappa shape index (κ1) is 16.2. The summed E-state index contributed by atoms with van der Waals surface area (Å²) in [5.41, 5.74) is 0. The van der Waals surface area contributed by atoms with Crippen molar-refractivity contribution in [3.05, 3.63) is 0 Å². The van der Waals surface area contributed by atoms with Gasteiger partial charge < -0.3 is 25.5 Å². The fourth-order valence-corrected chi connectivity index (χ4v) is 1.28. The molecule has 0 heterocycles. The van der Waals surface area contributed by atoms with E-state index in [4.69, 9.17) is 15.3 Å². The van der Waals surface area contributed by atoms with E-state index in [2.05, 4.69) is 5.32 Å². The van der Waals surface area contributed by atoms with E-state index in [1.54, 1.807) is 6.92 Å². The summed E-state index contributed by atoms with van der Waals surface area (Å²) in [4.78, 5) is 34.2. The van der Waals surface area contributed by atoms with Gasteiger partial charge in [-0.2, -0.15) is 0 Å². The molecule has 8 nitrogen and oxygen atoms in total. The molecule has 0 aliphatic heterocycles. The normalized spacial score (nSPS) is 11.7.